The van der Waals surface area contributed by atoms with Gasteiger partial charge in [-0.2, -0.15) is 0 Å². The van der Waals surface area contributed by atoms with E-state index in [2.05, 4.69) is 26.7 Å². The first-order chi connectivity index (χ1) is 15.6. The van der Waals surface area contributed by atoms with Gasteiger partial charge in [0.05, 0.1) is 25.8 Å². The molecule has 8 heteroatoms. The lowest BCUT2D eigenvalue weighted by Crippen LogP contribution is -2.40. The molecule has 1 heterocycles. The molecule has 0 spiro atoms. The van der Waals surface area contributed by atoms with Crippen LogP contribution in [0.25, 0.3) is 10.9 Å². The van der Waals surface area contributed by atoms with Crippen molar-refractivity contribution in [3.8, 4) is 11.5 Å². The molecule has 0 fully saturated rings. The quantitative estimate of drug-likeness (QED) is 0.253. The number of aryl methyl sites for hydroxylation is 1. The van der Waals surface area contributed by atoms with E-state index in [0.29, 0.717) is 12.5 Å². The standard InChI is InChI=1S/C24H31FN4O3/c1-26-24(28-15-23(32-4)16-7-9-17(25)10-8-16)27-11-5-6-18-12-20-21(29-18)13-19(30-2)14-22(20)31-3/h7-10,12-14,23,29H,5-6,11,15H2,1-4H3,(H2,26,27,28). The molecule has 2 aromatic carbocycles. The van der Waals surface area contributed by atoms with Crippen molar-refractivity contribution in [2.75, 3.05) is 41.5 Å². The summed E-state index contributed by atoms with van der Waals surface area (Å²) in [5.41, 5.74) is 3.03. The average molecular weight is 443 g/mol. The van der Waals surface area contributed by atoms with Crippen molar-refractivity contribution >= 4 is 16.9 Å². The molecule has 172 valence electrons. The van der Waals surface area contributed by atoms with E-state index in [1.54, 1.807) is 40.5 Å². The molecule has 3 rings (SSSR count). The third-order valence-electron chi connectivity index (χ3n) is 5.31. The highest BCUT2D eigenvalue weighted by Crippen LogP contribution is 2.31. The van der Waals surface area contributed by atoms with Gasteiger partial charge < -0.3 is 29.8 Å². The van der Waals surface area contributed by atoms with Gasteiger partial charge in [-0.3, -0.25) is 4.99 Å². The van der Waals surface area contributed by atoms with Crippen LogP contribution in [0.5, 0.6) is 11.5 Å². The number of H-pyrrole nitrogens is 1. The van der Waals surface area contributed by atoms with Crippen molar-refractivity contribution in [3.05, 3.63) is 59.5 Å². The summed E-state index contributed by atoms with van der Waals surface area (Å²) in [6.45, 7) is 1.27. The number of rotatable bonds is 10. The van der Waals surface area contributed by atoms with Crippen molar-refractivity contribution in [1.82, 2.24) is 15.6 Å². The van der Waals surface area contributed by atoms with E-state index in [1.165, 1.54) is 12.1 Å². The van der Waals surface area contributed by atoms with Crippen LogP contribution in [0.2, 0.25) is 0 Å². The zero-order valence-corrected chi connectivity index (χ0v) is 19.0. The summed E-state index contributed by atoms with van der Waals surface area (Å²) in [7, 11) is 6.67. The summed E-state index contributed by atoms with van der Waals surface area (Å²) in [4.78, 5) is 7.70. The van der Waals surface area contributed by atoms with Gasteiger partial charge in [0.1, 0.15) is 17.3 Å². The van der Waals surface area contributed by atoms with Crippen LogP contribution in [0, 0.1) is 5.82 Å². The fourth-order valence-corrected chi connectivity index (χ4v) is 3.57. The molecule has 1 aromatic heterocycles. The topological polar surface area (TPSA) is 79.9 Å². The molecule has 0 radical (unpaired) electrons. The minimum absolute atomic E-state index is 0.201. The Morgan fingerprint density at radius 2 is 1.84 bits per heavy atom. The maximum atomic E-state index is 13.2. The van der Waals surface area contributed by atoms with Gasteiger partial charge in [0.25, 0.3) is 0 Å². The second-order valence-electron chi connectivity index (χ2n) is 7.34. The first-order valence-electron chi connectivity index (χ1n) is 10.5. The number of ether oxygens (including phenoxy) is 3. The van der Waals surface area contributed by atoms with Crippen molar-refractivity contribution < 1.29 is 18.6 Å². The van der Waals surface area contributed by atoms with Crippen LogP contribution in [-0.4, -0.2) is 52.4 Å². The molecule has 0 aliphatic carbocycles. The van der Waals surface area contributed by atoms with Gasteiger partial charge in [0.15, 0.2) is 5.96 Å². The lowest BCUT2D eigenvalue weighted by atomic mass is 10.1. The zero-order chi connectivity index (χ0) is 22.9. The summed E-state index contributed by atoms with van der Waals surface area (Å²) in [6, 6.07) is 12.3. The number of nitrogens with one attached hydrogen (secondary N) is 3. The molecule has 3 aromatic rings. The molecule has 0 aliphatic heterocycles. The summed E-state index contributed by atoms with van der Waals surface area (Å²) in [5.74, 6) is 1.98. The lowest BCUT2D eigenvalue weighted by molar-refractivity contribution is 0.106. The molecule has 3 N–H and O–H groups in total. The first-order valence-corrected chi connectivity index (χ1v) is 10.5. The van der Waals surface area contributed by atoms with E-state index in [-0.39, 0.29) is 11.9 Å². The minimum Gasteiger partial charge on any atom is -0.497 e. The van der Waals surface area contributed by atoms with Crippen LogP contribution in [0.4, 0.5) is 4.39 Å². The van der Waals surface area contributed by atoms with E-state index >= 15 is 0 Å². The number of nitrogens with zero attached hydrogens (tertiary/aromatic N) is 1. The maximum absolute atomic E-state index is 13.2. The predicted molar refractivity (Wildman–Crippen MR) is 125 cm³/mol. The SMILES string of the molecule is CN=C(NCCCc1cc2c(OC)cc(OC)cc2[nH]1)NCC(OC)c1ccc(F)cc1. The molecule has 7 nitrogen and oxygen atoms in total. The molecule has 1 unspecified atom stereocenters. The van der Waals surface area contributed by atoms with E-state index in [1.807, 2.05) is 12.1 Å². The van der Waals surface area contributed by atoms with Crippen LogP contribution >= 0.6 is 0 Å². The van der Waals surface area contributed by atoms with E-state index in [0.717, 1.165) is 53.0 Å². The van der Waals surface area contributed by atoms with Crippen molar-refractivity contribution in [3.63, 3.8) is 0 Å². The first kappa shape index (κ1) is 23.4. The molecule has 0 saturated carbocycles. The number of aromatic nitrogens is 1. The summed E-state index contributed by atoms with van der Waals surface area (Å²) >= 11 is 0. The van der Waals surface area contributed by atoms with Crippen LogP contribution in [0.1, 0.15) is 23.8 Å². The Morgan fingerprint density at radius 3 is 2.50 bits per heavy atom. The Bertz CT molecular complexity index is 1030. The van der Waals surface area contributed by atoms with Gasteiger partial charge in [-0.15, -0.1) is 0 Å². The molecule has 32 heavy (non-hydrogen) atoms. The Labute approximate surface area is 188 Å². The van der Waals surface area contributed by atoms with Crippen molar-refractivity contribution in [1.29, 1.82) is 0 Å². The van der Waals surface area contributed by atoms with E-state index in [9.17, 15) is 4.39 Å². The highest BCUT2D eigenvalue weighted by Gasteiger charge is 2.12. The van der Waals surface area contributed by atoms with Gasteiger partial charge in [-0.05, 0) is 36.6 Å². The van der Waals surface area contributed by atoms with E-state index in [4.69, 9.17) is 14.2 Å². The van der Waals surface area contributed by atoms with Crippen LogP contribution in [0.15, 0.2) is 47.5 Å². The predicted octanol–water partition coefficient (Wildman–Crippen LogP) is 3.81. The number of hydrogen-bond donors (Lipinski definition) is 3. The van der Waals surface area contributed by atoms with E-state index < -0.39 is 0 Å². The Kier molecular flexibility index (Phi) is 8.33. The molecule has 0 bridgehead atoms. The number of guanidine groups is 1. The number of fused-ring (bicyclic) bond motifs is 1. The Balaban J connectivity index is 1.49. The molecule has 1 atom stereocenters. The highest BCUT2D eigenvalue weighted by molar-refractivity contribution is 5.88. The molecular formula is C24H31FN4O3. The van der Waals surface area contributed by atoms with Gasteiger partial charge in [0.2, 0.25) is 0 Å². The van der Waals surface area contributed by atoms with Crippen LogP contribution in [-0.2, 0) is 11.2 Å². The maximum Gasteiger partial charge on any atom is 0.191 e. The smallest absolute Gasteiger partial charge is 0.191 e. The fraction of sp³-hybridized carbons (Fsp3) is 0.375. The monoisotopic (exact) mass is 442 g/mol. The zero-order valence-electron chi connectivity index (χ0n) is 19.0. The largest absolute Gasteiger partial charge is 0.497 e. The molecular weight excluding hydrogens is 411 g/mol. The van der Waals surface area contributed by atoms with Gasteiger partial charge >= 0.3 is 0 Å². The Hall–Kier alpha value is -3.26. The number of hydrogen-bond acceptors (Lipinski definition) is 4. The Morgan fingerprint density at radius 1 is 1.06 bits per heavy atom. The lowest BCUT2D eigenvalue weighted by Gasteiger charge is -2.18. The third-order valence-corrected chi connectivity index (χ3v) is 5.31. The number of aliphatic imine (C=N–C) groups is 1. The summed E-state index contributed by atoms with van der Waals surface area (Å²) in [5, 5.41) is 7.62. The average Bonchev–Trinajstić information content (AvgIpc) is 3.23. The minimum atomic E-state index is -0.262. The van der Waals surface area contributed by atoms with Crippen LogP contribution < -0.4 is 20.1 Å². The second kappa shape index (κ2) is 11.4. The second-order valence-corrected chi connectivity index (χ2v) is 7.34. The van der Waals surface area contributed by atoms with Gasteiger partial charge in [0, 0.05) is 50.5 Å². The van der Waals surface area contributed by atoms with Crippen molar-refractivity contribution in [2.45, 2.75) is 18.9 Å². The summed E-state index contributed by atoms with van der Waals surface area (Å²) < 4.78 is 29.5. The highest BCUT2D eigenvalue weighted by atomic mass is 19.1. The number of halogens is 1. The summed E-state index contributed by atoms with van der Waals surface area (Å²) in [6.07, 6.45) is 1.59. The number of aromatic amines is 1. The molecule has 0 amide bonds. The fourth-order valence-electron chi connectivity index (χ4n) is 3.57. The third kappa shape index (κ3) is 5.91. The van der Waals surface area contributed by atoms with Crippen molar-refractivity contribution in [2.24, 2.45) is 4.99 Å². The van der Waals surface area contributed by atoms with Crippen LogP contribution in [0.3, 0.4) is 0 Å². The number of benzene rings is 2. The number of methoxy groups -OCH3 is 3. The van der Waals surface area contributed by atoms with Gasteiger partial charge in [-0.25, -0.2) is 4.39 Å². The normalized spacial score (nSPS) is 12.6. The molecule has 0 aliphatic rings. The van der Waals surface area contributed by atoms with Gasteiger partial charge in [-0.1, -0.05) is 12.1 Å². The molecule has 0 saturated heterocycles.